The molecule has 0 heterocycles. The van der Waals surface area contributed by atoms with E-state index < -0.39 is 41.0 Å². The Morgan fingerprint density at radius 2 is 1.46 bits per heavy atom. The lowest BCUT2D eigenvalue weighted by Crippen LogP contribution is -2.40. The van der Waals surface area contributed by atoms with Crippen LogP contribution in [0.5, 0.6) is 0 Å². The molecule has 0 saturated carbocycles. The Hall–Kier alpha value is -2.46. The highest BCUT2D eigenvalue weighted by molar-refractivity contribution is 7.89. The van der Waals surface area contributed by atoms with Gasteiger partial charge in [0.1, 0.15) is 13.1 Å². The second-order valence-corrected chi connectivity index (χ2v) is 7.79. The Bertz CT molecular complexity index is 814. The van der Waals surface area contributed by atoms with Crippen LogP contribution in [0.15, 0.2) is 23.1 Å². The summed E-state index contributed by atoms with van der Waals surface area (Å²) in [5.74, 6) is -2.13. The van der Waals surface area contributed by atoms with E-state index in [1.54, 1.807) is 20.8 Å². The summed E-state index contributed by atoms with van der Waals surface area (Å²) in [4.78, 5) is 37.0. The first kappa shape index (κ1) is 23.6. The number of sulfonamides is 1. The van der Waals surface area contributed by atoms with Gasteiger partial charge in [0, 0.05) is 18.7 Å². The van der Waals surface area contributed by atoms with Crippen molar-refractivity contribution >= 4 is 27.9 Å². The van der Waals surface area contributed by atoms with Crippen LogP contribution in [0.3, 0.4) is 0 Å². The van der Waals surface area contributed by atoms with Crippen LogP contribution >= 0.6 is 0 Å². The molecule has 0 bridgehead atoms. The minimum atomic E-state index is -3.79. The van der Waals surface area contributed by atoms with E-state index in [4.69, 9.17) is 0 Å². The smallest absolute Gasteiger partial charge is 0.325 e. The summed E-state index contributed by atoms with van der Waals surface area (Å²) >= 11 is 0. The molecule has 0 unspecified atom stereocenters. The number of hydrogen-bond acceptors (Lipinski definition) is 7. The van der Waals surface area contributed by atoms with Gasteiger partial charge in [0.15, 0.2) is 0 Å². The number of carbonyl (C=O) groups excluding carboxylic acids is 3. The first-order valence-corrected chi connectivity index (χ1v) is 10.1. The standard InChI is InChI=1S/C18H26N2O7S/c1-6-20(7-2)28(24,25)15-10-14(9-8-13(15)3)18(23)19(11-16(21)26-4)12-17(22)27-5/h8-10H,6-7,11-12H2,1-5H3. The number of hydrogen-bond donors (Lipinski definition) is 0. The largest absolute Gasteiger partial charge is 0.468 e. The summed E-state index contributed by atoms with van der Waals surface area (Å²) in [6.45, 7) is 4.69. The molecule has 1 rings (SSSR count). The molecule has 0 aromatic heterocycles. The lowest BCUT2D eigenvalue weighted by Gasteiger charge is -2.22. The maximum absolute atomic E-state index is 12.9. The highest BCUT2D eigenvalue weighted by Crippen LogP contribution is 2.22. The van der Waals surface area contributed by atoms with Gasteiger partial charge in [-0.25, -0.2) is 8.42 Å². The van der Waals surface area contributed by atoms with E-state index >= 15 is 0 Å². The third-order valence-electron chi connectivity index (χ3n) is 4.14. The highest BCUT2D eigenvalue weighted by Gasteiger charge is 2.27. The number of aryl methyl sites for hydroxylation is 1. The van der Waals surface area contributed by atoms with E-state index in [0.29, 0.717) is 5.56 Å². The van der Waals surface area contributed by atoms with Crippen molar-refractivity contribution in [3.8, 4) is 0 Å². The fourth-order valence-corrected chi connectivity index (χ4v) is 4.25. The maximum Gasteiger partial charge on any atom is 0.325 e. The Kier molecular flexibility index (Phi) is 8.58. The second-order valence-electron chi connectivity index (χ2n) is 5.88. The summed E-state index contributed by atoms with van der Waals surface area (Å²) in [5, 5.41) is 0. The molecule has 9 nitrogen and oxygen atoms in total. The number of carbonyl (C=O) groups is 3. The zero-order valence-electron chi connectivity index (χ0n) is 16.7. The summed E-state index contributed by atoms with van der Waals surface area (Å²) in [7, 11) is -1.48. The lowest BCUT2D eigenvalue weighted by molar-refractivity contribution is -0.144. The van der Waals surface area contributed by atoms with Crippen molar-refractivity contribution in [1.82, 2.24) is 9.21 Å². The van der Waals surface area contributed by atoms with Gasteiger partial charge in [0.25, 0.3) is 5.91 Å². The molecule has 28 heavy (non-hydrogen) atoms. The average Bonchev–Trinajstić information content (AvgIpc) is 2.67. The first-order chi connectivity index (χ1) is 13.1. The van der Waals surface area contributed by atoms with Crippen molar-refractivity contribution < 1.29 is 32.3 Å². The van der Waals surface area contributed by atoms with Gasteiger partial charge in [-0.3, -0.25) is 14.4 Å². The monoisotopic (exact) mass is 414 g/mol. The molecule has 0 saturated heterocycles. The zero-order chi connectivity index (χ0) is 21.5. The quantitative estimate of drug-likeness (QED) is 0.550. The van der Waals surface area contributed by atoms with Crippen molar-refractivity contribution in [2.24, 2.45) is 0 Å². The molecule has 0 aliphatic carbocycles. The van der Waals surface area contributed by atoms with Crippen molar-refractivity contribution in [3.05, 3.63) is 29.3 Å². The van der Waals surface area contributed by atoms with Crippen LogP contribution in [-0.2, 0) is 29.1 Å². The molecule has 1 aromatic carbocycles. The third-order valence-corrected chi connectivity index (χ3v) is 6.33. The lowest BCUT2D eigenvalue weighted by atomic mass is 10.1. The zero-order valence-corrected chi connectivity index (χ0v) is 17.5. The minimum Gasteiger partial charge on any atom is -0.468 e. The fourth-order valence-electron chi connectivity index (χ4n) is 2.54. The number of benzene rings is 1. The molecule has 156 valence electrons. The van der Waals surface area contributed by atoms with Gasteiger partial charge in [-0.2, -0.15) is 4.31 Å². The highest BCUT2D eigenvalue weighted by atomic mass is 32.2. The van der Waals surface area contributed by atoms with Crippen LogP contribution in [0.25, 0.3) is 0 Å². The molecule has 0 radical (unpaired) electrons. The molecule has 0 aliphatic heterocycles. The Morgan fingerprint density at radius 1 is 0.964 bits per heavy atom. The Balaban J connectivity index is 3.35. The number of rotatable bonds is 9. The van der Waals surface area contributed by atoms with E-state index in [0.717, 1.165) is 19.1 Å². The van der Waals surface area contributed by atoms with Crippen molar-refractivity contribution in [1.29, 1.82) is 0 Å². The number of ether oxygens (including phenoxy) is 2. The van der Waals surface area contributed by atoms with Gasteiger partial charge in [0.05, 0.1) is 19.1 Å². The molecule has 0 N–H and O–H groups in total. The average molecular weight is 414 g/mol. The van der Waals surface area contributed by atoms with E-state index in [9.17, 15) is 22.8 Å². The number of nitrogens with zero attached hydrogens (tertiary/aromatic N) is 2. The minimum absolute atomic E-state index is 0.00173. The first-order valence-electron chi connectivity index (χ1n) is 8.66. The molecule has 0 atom stereocenters. The van der Waals surface area contributed by atoms with Gasteiger partial charge >= 0.3 is 11.9 Å². The summed E-state index contributed by atoms with van der Waals surface area (Å²) in [6.07, 6.45) is 0. The normalized spacial score (nSPS) is 11.2. The second kappa shape index (κ2) is 10.2. The van der Waals surface area contributed by atoms with Crippen LogP contribution in [0.4, 0.5) is 0 Å². The molecule has 10 heteroatoms. The predicted octanol–water partition coefficient (Wildman–Crippen LogP) is 0.814. The maximum atomic E-state index is 12.9. The van der Waals surface area contributed by atoms with Gasteiger partial charge in [-0.05, 0) is 24.6 Å². The molecule has 1 amide bonds. The third kappa shape index (κ3) is 5.52. The van der Waals surface area contributed by atoms with E-state index in [1.807, 2.05) is 0 Å². The predicted molar refractivity (Wildman–Crippen MR) is 101 cm³/mol. The number of esters is 2. The molecular weight excluding hydrogens is 388 g/mol. The molecular formula is C18H26N2O7S. The van der Waals surface area contributed by atoms with Gasteiger partial charge in [0.2, 0.25) is 10.0 Å². The Labute approximate surface area is 165 Å². The molecule has 0 aliphatic rings. The Morgan fingerprint density at radius 3 is 1.89 bits per heavy atom. The topological polar surface area (TPSA) is 110 Å². The summed E-state index contributed by atoms with van der Waals surface area (Å²) < 4.78 is 36.1. The van der Waals surface area contributed by atoms with Crippen LogP contribution in [0.2, 0.25) is 0 Å². The van der Waals surface area contributed by atoms with Gasteiger partial charge in [-0.15, -0.1) is 0 Å². The van der Waals surface area contributed by atoms with Crippen molar-refractivity contribution in [2.75, 3.05) is 40.4 Å². The van der Waals surface area contributed by atoms with E-state index in [2.05, 4.69) is 9.47 Å². The fraction of sp³-hybridized carbons (Fsp3) is 0.500. The molecule has 0 spiro atoms. The SMILES string of the molecule is CCN(CC)S(=O)(=O)c1cc(C(=O)N(CC(=O)OC)CC(=O)OC)ccc1C. The summed E-state index contributed by atoms with van der Waals surface area (Å²) in [5.41, 5.74) is 0.514. The van der Waals surface area contributed by atoms with Crippen LogP contribution in [0, 0.1) is 6.92 Å². The van der Waals surface area contributed by atoms with Crippen molar-refractivity contribution in [2.45, 2.75) is 25.7 Å². The van der Waals surface area contributed by atoms with Gasteiger partial charge in [-0.1, -0.05) is 19.9 Å². The van der Waals surface area contributed by atoms with E-state index in [-0.39, 0.29) is 23.5 Å². The van der Waals surface area contributed by atoms with Crippen molar-refractivity contribution in [3.63, 3.8) is 0 Å². The molecule has 0 fully saturated rings. The summed E-state index contributed by atoms with van der Waals surface area (Å²) in [6, 6.07) is 4.21. The van der Waals surface area contributed by atoms with Crippen LogP contribution < -0.4 is 0 Å². The van der Waals surface area contributed by atoms with Crippen LogP contribution in [-0.4, -0.2) is 75.9 Å². The van der Waals surface area contributed by atoms with Crippen LogP contribution in [0.1, 0.15) is 29.8 Å². The molecule has 1 aromatic rings. The number of methoxy groups -OCH3 is 2. The number of amides is 1. The van der Waals surface area contributed by atoms with E-state index in [1.165, 1.54) is 22.5 Å². The van der Waals surface area contributed by atoms with Gasteiger partial charge < -0.3 is 14.4 Å².